The van der Waals surface area contributed by atoms with E-state index in [0.717, 1.165) is 13.0 Å². The van der Waals surface area contributed by atoms with Gasteiger partial charge in [-0.25, -0.2) is 0 Å². The van der Waals surface area contributed by atoms with Crippen LogP contribution in [-0.4, -0.2) is 38.7 Å². The first-order valence-electron chi connectivity index (χ1n) is 5.90. The van der Waals surface area contributed by atoms with Crippen LogP contribution in [0.15, 0.2) is 4.52 Å². The number of nitrogens with zero attached hydrogens (tertiary/aromatic N) is 3. The van der Waals surface area contributed by atoms with Gasteiger partial charge in [0.2, 0.25) is 5.89 Å². The number of aromatic nitrogens is 2. The Morgan fingerprint density at radius 2 is 2.41 bits per heavy atom. The molecule has 0 radical (unpaired) electrons. The number of likely N-dealkylation sites (tertiary alicyclic amines) is 1. The molecule has 1 saturated heterocycles. The lowest BCUT2D eigenvalue weighted by Crippen LogP contribution is -2.32. The maximum absolute atomic E-state index is 11.0. The molecule has 0 bridgehead atoms. The van der Waals surface area contributed by atoms with Crippen molar-refractivity contribution in [1.29, 1.82) is 0 Å². The van der Waals surface area contributed by atoms with Crippen molar-refractivity contribution < 1.29 is 14.4 Å². The van der Waals surface area contributed by atoms with E-state index in [1.165, 1.54) is 0 Å². The summed E-state index contributed by atoms with van der Waals surface area (Å²) in [6, 6.07) is 0.0241. The average molecular weight is 239 g/mol. The largest absolute Gasteiger partial charge is 0.481 e. The van der Waals surface area contributed by atoms with E-state index in [1.807, 2.05) is 13.8 Å². The molecule has 0 aromatic carbocycles. The molecule has 1 fully saturated rings. The highest BCUT2D eigenvalue weighted by Gasteiger charge is 2.35. The number of rotatable bonds is 4. The highest BCUT2D eigenvalue weighted by molar-refractivity contribution is 5.71. The summed E-state index contributed by atoms with van der Waals surface area (Å²) in [4.78, 5) is 17.3. The lowest BCUT2D eigenvalue weighted by atomic mass is 10.0. The van der Waals surface area contributed by atoms with E-state index in [1.54, 1.807) is 0 Å². The molecule has 94 valence electrons. The second-order valence-electron chi connectivity index (χ2n) is 4.40. The lowest BCUT2D eigenvalue weighted by molar-refractivity contribution is -0.142. The van der Waals surface area contributed by atoms with Gasteiger partial charge in [0.05, 0.1) is 12.5 Å². The molecule has 0 spiro atoms. The number of aliphatic carboxylic acids is 1. The molecular formula is C11H17N3O3. The Bertz CT molecular complexity index is 404. The molecule has 17 heavy (non-hydrogen) atoms. The molecule has 0 aliphatic carbocycles. The van der Waals surface area contributed by atoms with Crippen LogP contribution in [-0.2, 0) is 17.8 Å². The van der Waals surface area contributed by atoms with Crippen LogP contribution in [0.3, 0.4) is 0 Å². The second kappa shape index (κ2) is 4.83. The fraction of sp³-hybridized carbons (Fsp3) is 0.727. The Labute approximate surface area is 99.6 Å². The van der Waals surface area contributed by atoms with Crippen molar-refractivity contribution in [2.45, 2.75) is 39.3 Å². The van der Waals surface area contributed by atoms with Crippen LogP contribution < -0.4 is 0 Å². The highest BCUT2D eigenvalue weighted by atomic mass is 16.5. The molecule has 0 amide bonds. The predicted molar refractivity (Wildman–Crippen MR) is 59.3 cm³/mol. The summed E-state index contributed by atoms with van der Waals surface area (Å²) in [6.45, 7) is 5.23. The molecule has 6 heteroatoms. The molecule has 1 aliphatic heterocycles. The maximum atomic E-state index is 11.0. The van der Waals surface area contributed by atoms with E-state index in [2.05, 4.69) is 15.0 Å². The van der Waals surface area contributed by atoms with Crippen LogP contribution in [0.4, 0.5) is 0 Å². The third-order valence-electron chi connectivity index (χ3n) is 3.36. The lowest BCUT2D eigenvalue weighted by Gasteiger charge is -2.20. The SMILES string of the molecule is CCc1nc(CN2CCC(C(=O)O)C2C)no1. The van der Waals surface area contributed by atoms with Gasteiger partial charge in [-0.2, -0.15) is 4.98 Å². The summed E-state index contributed by atoms with van der Waals surface area (Å²) in [5.74, 6) is 0.260. The van der Waals surface area contributed by atoms with Crippen LogP contribution in [0.5, 0.6) is 0 Å². The first-order valence-corrected chi connectivity index (χ1v) is 5.90. The predicted octanol–water partition coefficient (Wildman–Crippen LogP) is 0.927. The van der Waals surface area contributed by atoms with Gasteiger partial charge in [-0.1, -0.05) is 12.1 Å². The van der Waals surface area contributed by atoms with Gasteiger partial charge in [-0.3, -0.25) is 9.69 Å². The summed E-state index contributed by atoms with van der Waals surface area (Å²) in [6.07, 6.45) is 1.41. The zero-order valence-corrected chi connectivity index (χ0v) is 10.1. The average Bonchev–Trinajstić information content (AvgIpc) is 2.87. The molecule has 1 aliphatic rings. The van der Waals surface area contributed by atoms with Gasteiger partial charge in [-0.15, -0.1) is 0 Å². The topological polar surface area (TPSA) is 79.5 Å². The molecule has 1 N–H and O–H groups in total. The number of carboxylic acids is 1. The number of hydrogen-bond acceptors (Lipinski definition) is 5. The van der Waals surface area contributed by atoms with E-state index in [9.17, 15) is 4.79 Å². The van der Waals surface area contributed by atoms with Crippen molar-refractivity contribution in [2.75, 3.05) is 6.54 Å². The Morgan fingerprint density at radius 1 is 1.65 bits per heavy atom. The number of aryl methyl sites for hydroxylation is 1. The zero-order chi connectivity index (χ0) is 12.4. The number of carboxylic acid groups (broad SMARTS) is 1. The molecule has 2 atom stereocenters. The third-order valence-corrected chi connectivity index (χ3v) is 3.36. The zero-order valence-electron chi connectivity index (χ0n) is 10.1. The van der Waals surface area contributed by atoms with Crippen LogP contribution in [0.1, 0.15) is 32.0 Å². The Balaban J connectivity index is 1.98. The van der Waals surface area contributed by atoms with Crippen LogP contribution >= 0.6 is 0 Å². The monoisotopic (exact) mass is 239 g/mol. The van der Waals surface area contributed by atoms with Gasteiger partial charge < -0.3 is 9.63 Å². The van der Waals surface area contributed by atoms with E-state index in [4.69, 9.17) is 9.63 Å². The van der Waals surface area contributed by atoms with Gasteiger partial charge in [-0.05, 0) is 19.9 Å². The summed E-state index contributed by atoms with van der Waals surface area (Å²) in [7, 11) is 0. The second-order valence-corrected chi connectivity index (χ2v) is 4.40. The van der Waals surface area contributed by atoms with Gasteiger partial charge in [0.25, 0.3) is 0 Å². The van der Waals surface area contributed by atoms with Gasteiger partial charge >= 0.3 is 5.97 Å². The minimum absolute atomic E-state index is 0.0241. The molecule has 1 aromatic rings. The Hall–Kier alpha value is -1.43. The fourth-order valence-electron chi connectivity index (χ4n) is 2.24. The molecule has 0 saturated carbocycles. The first kappa shape index (κ1) is 12.0. The molecule has 6 nitrogen and oxygen atoms in total. The molecule has 1 aromatic heterocycles. The summed E-state index contributed by atoms with van der Waals surface area (Å²) >= 11 is 0. The number of hydrogen-bond donors (Lipinski definition) is 1. The van der Waals surface area contributed by atoms with Crippen molar-refractivity contribution in [3.05, 3.63) is 11.7 Å². The smallest absolute Gasteiger partial charge is 0.308 e. The quantitative estimate of drug-likeness (QED) is 0.841. The summed E-state index contributed by atoms with van der Waals surface area (Å²) in [5, 5.41) is 12.9. The van der Waals surface area contributed by atoms with E-state index < -0.39 is 5.97 Å². The standard InChI is InChI=1S/C11H17N3O3/c1-3-10-12-9(13-17-10)6-14-5-4-8(7(14)2)11(15)16/h7-8H,3-6H2,1-2H3,(H,15,16). The van der Waals surface area contributed by atoms with E-state index in [-0.39, 0.29) is 12.0 Å². The van der Waals surface area contributed by atoms with Crippen molar-refractivity contribution in [3.63, 3.8) is 0 Å². The summed E-state index contributed by atoms with van der Waals surface area (Å²) in [5.41, 5.74) is 0. The summed E-state index contributed by atoms with van der Waals surface area (Å²) < 4.78 is 5.03. The number of carbonyl (C=O) groups is 1. The highest BCUT2D eigenvalue weighted by Crippen LogP contribution is 2.25. The molecule has 2 heterocycles. The molecule has 2 unspecified atom stereocenters. The molecular weight excluding hydrogens is 222 g/mol. The minimum atomic E-state index is -0.720. The Kier molecular flexibility index (Phi) is 3.42. The van der Waals surface area contributed by atoms with Gasteiger partial charge in [0.1, 0.15) is 0 Å². The van der Waals surface area contributed by atoms with Crippen LogP contribution in [0.2, 0.25) is 0 Å². The van der Waals surface area contributed by atoms with Gasteiger partial charge in [0, 0.05) is 12.5 Å². The van der Waals surface area contributed by atoms with E-state index in [0.29, 0.717) is 24.7 Å². The van der Waals surface area contributed by atoms with Crippen molar-refractivity contribution in [2.24, 2.45) is 5.92 Å². The van der Waals surface area contributed by atoms with E-state index >= 15 is 0 Å². The van der Waals surface area contributed by atoms with Crippen LogP contribution in [0.25, 0.3) is 0 Å². The normalized spacial score (nSPS) is 25.3. The molecule has 2 rings (SSSR count). The van der Waals surface area contributed by atoms with Crippen LogP contribution in [0, 0.1) is 5.92 Å². The first-order chi connectivity index (χ1) is 8.11. The fourth-order valence-corrected chi connectivity index (χ4v) is 2.24. The van der Waals surface area contributed by atoms with Gasteiger partial charge in [0.15, 0.2) is 5.82 Å². The third kappa shape index (κ3) is 2.46. The maximum Gasteiger partial charge on any atom is 0.308 e. The van der Waals surface area contributed by atoms with Crippen molar-refractivity contribution in [1.82, 2.24) is 15.0 Å². The minimum Gasteiger partial charge on any atom is -0.481 e. The van der Waals surface area contributed by atoms with Crippen molar-refractivity contribution >= 4 is 5.97 Å². The Morgan fingerprint density at radius 3 is 2.94 bits per heavy atom. The van der Waals surface area contributed by atoms with Crippen molar-refractivity contribution in [3.8, 4) is 0 Å².